The van der Waals surface area contributed by atoms with Crippen molar-refractivity contribution in [2.45, 2.75) is 90.9 Å². The molecule has 0 aliphatic carbocycles. The quantitative estimate of drug-likeness (QED) is 0.296. The predicted octanol–water partition coefficient (Wildman–Crippen LogP) is 5.04. The maximum absolute atomic E-state index is 9.72. The van der Waals surface area contributed by atoms with Gasteiger partial charge in [-0.25, -0.2) is 0 Å². The van der Waals surface area contributed by atoms with Gasteiger partial charge >= 0.3 is 0 Å². The molecule has 0 radical (unpaired) electrons. The van der Waals surface area contributed by atoms with Crippen LogP contribution in [-0.4, -0.2) is 26.2 Å². The molecule has 0 saturated carbocycles. The van der Waals surface area contributed by atoms with Crippen molar-refractivity contribution >= 4 is 12.9 Å². The van der Waals surface area contributed by atoms with E-state index in [4.69, 9.17) is 0 Å². The van der Waals surface area contributed by atoms with Crippen molar-refractivity contribution in [1.82, 2.24) is 0 Å². The number of hydrogen-bond acceptors (Lipinski definition) is 4. The molecule has 132 valence electrons. The molecule has 0 aromatic heterocycles. The molecule has 0 amide bonds. The minimum atomic E-state index is 0.520. The molecule has 0 unspecified atom stereocenters. The third-order valence-electron chi connectivity index (χ3n) is 3.37. The summed E-state index contributed by atoms with van der Waals surface area (Å²) in [4.78, 5) is 19.4. The van der Waals surface area contributed by atoms with Crippen LogP contribution in [0.4, 0.5) is 0 Å². The Labute approximate surface area is 136 Å². The highest BCUT2D eigenvalue weighted by atomic mass is 16.5. The molecular weight excluding hydrogens is 280 g/mol. The predicted molar refractivity (Wildman–Crippen MR) is 90.8 cm³/mol. The van der Waals surface area contributed by atoms with E-state index in [2.05, 4.69) is 23.3 Å². The van der Waals surface area contributed by atoms with E-state index in [-0.39, 0.29) is 0 Å². The molecule has 0 bridgehead atoms. The first kappa shape index (κ1) is 23.2. The van der Waals surface area contributed by atoms with Crippen LogP contribution in [-0.2, 0) is 19.1 Å². The zero-order valence-corrected chi connectivity index (χ0v) is 14.7. The minimum Gasteiger partial charge on any atom is -0.468 e. The van der Waals surface area contributed by atoms with Gasteiger partial charge in [0.25, 0.3) is 12.9 Å². The Kier molecular flexibility index (Phi) is 26.3. The summed E-state index contributed by atoms with van der Waals surface area (Å²) in [6.07, 6.45) is 14.8. The lowest BCUT2D eigenvalue weighted by atomic mass is 10.1. The van der Waals surface area contributed by atoms with Crippen LogP contribution in [0.2, 0.25) is 0 Å². The number of unbranched alkanes of at least 4 members (excludes halogenated alkanes) is 10. The highest BCUT2D eigenvalue weighted by Crippen LogP contribution is 2.05. The van der Waals surface area contributed by atoms with Crippen molar-refractivity contribution in [2.75, 3.05) is 13.2 Å². The highest BCUT2D eigenvalue weighted by molar-refractivity contribution is 5.36. The van der Waals surface area contributed by atoms with Crippen molar-refractivity contribution in [1.29, 1.82) is 0 Å². The fourth-order valence-electron chi connectivity index (χ4n) is 2.03. The second kappa shape index (κ2) is 24.9. The van der Waals surface area contributed by atoms with E-state index in [1.54, 1.807) is 0 Å². The number of ether oxygens (including phenoxy) is 2. The number of rotatable bonds is 16. The van der Waals surface area contributed by atoms with E-state index < -0.39 is 0 Å². The van der Waals surface area contributed by atoms with Crippen LogP contribution < -0.4 is 0 Å². The van der Waals surface area contributed by atoms with Gasteiger partial charge < -0.3 is 9.47 Å². The Hall–Kier alpha value is -1.06. The second-order valence-electron chi connectivity index (χ2n) is 5.47. The van der Waals surface area contributed by atoms with E-state index in [1.807, 2.05) is 0 Å². The van der Waals surface area contributed by atoms with Gasteiger partial charge in [0.2, 0.25) is 0 Å². The molecule has 0 aromatic rings. The molecule has 4 heteroatoms. The fourth-order valence-corrected chi connectivity index (χ4v) is 2.03. The summed E-state index contributed by atoms with van der Waals surface area (Å²) in [7, 11) is 0. The second-order valence-corrected chi connectivity index (χ2v) is 5.47. The van der Waals surface area contributed by atoms with Crippen molar-refractivity contribution in [2.24, 2.45) is 0 Å². The molecule has 0 aliphatic heterocycles. The Morgan fingerprint density at radius 3 is 1.18 bits per heavy atom. The van der Waals surface area contributed by atoms with Gasteiger partial charge in [0, 0.05) is 0 Å². The van der Waals surface area contributed by atoms with E-state index in [0.717, 1.165) is 12.8 Å². The summed E-state index contributed by atoms with van der Waals surface area (Å²) < 4.78 is 9.12. The maximum atomic E-state index is 9.72. The molecule has 4 nitrogen and oxygen atoms in total. The molecule has 0 aromatic carbocycles. The van der Waals surface area contributed by atoms with Crippen LogP contribution in [0.1, 0.15) is 90.9 Å². The van der Waals surface area contributed by atoms with Crippen LogP contribution in [0.5, 0.6) is 0 Å². The van der Waals surface area contributed by atoms with E-state index in [0.29, 0.717) is 26.2 Å². The van der Waals surface area contributed by atoms with E-state index in [9.17, 15) is 9.59 Å². The highest BCUT2D eigenvalue weighted by Gasteiger charge is 1.89. The first-order valence-corrected chi connectivity index (χ1v) is 8.93. The molecular formula is C18H36O4. The molecule has 0 heterocycles. The lowest BCUT2D eigenvalue weighted by Gasteiger charge is -1.98. The third-order valence-corrected chi connectivity index (χ3v) is 3.37. The normalized spacial score (nSPS) is 9.55. The number of hydrogen-bond donors (Lipinski definition) is 0. The van der Waals surface area contributed by atoms with Gasteiger partial charge in [-0.2, -0.15) is 0 Å². The maximum Gasteiger partial charge on any atom is 0.293 e. The molecule has 22 heavy (non-hydrogen) atoms. The summed E-state index contributed by atoms with van der Waals surface area (Å²) in [5, 5.41) is 0. The Morgan fingerprint density at radius 2 is 0.864 bits per heavy atom. The summed E-state index contributed by atoms with van der Waals surface area (Å²) >= 11 is 0. The smallest absolute Gasteiger partial charge is 0.293 e. The van der Waals surface area contributed by atoms with Gasteiger partial charge in [0.05, 0.1) is 13.2 Å². The van der Waals surface area contributed by atoms with Crippen molar-refractivity contribution < 1.29 is 19.1 Å². The van der Waals surface area contributed by atoms with Crippen molar-refractivity contribution in [3.8, 4) is 0 Å². The zero-order valence-electron chi connectivity index (χ0n) is 14.7. The first-order valence-electron chi connectivity index (χ1n) is 8.93. The van der Waals surface area contributed by atoms with Gasteiger partial charge in [-0.15, -0.1) is 0 Å². The lowest BCUT2D eigenvalue weighted by molar-refractivity contribution is -0.129. The van der Waals surface area contributed by atoms with Crippen molar-refractivity contribution in [3.05, 3.63) is 0 Å². The van der Waals surface area contributed by atoms with E-state index >= 15 is 0 Å². The minimum absolute atomic E-state index is 0.520. The molecule has 0 spiro atoms. The SMILES string of the molecule is CCCCCCCCOC=O.CCCCCCCCOC=O. The summed E-state index contributed by atoms with van der Waals surface area (Å²) in [5.74, 6) is 0. The average molecular weight is 316 g/mol. The fraction of sp³-hybridized carbons (Fsp3) is 0.889. The lowest BCUT2D eigenvalue weighted by Crippen LogP contribution is -1.90. The Morgan fingerprint density at radius 1 is 0.545 bits per heavy atom. The number of carbonyl (C=O) groups is 2. The monoisotopic (exact) mass is 316 g/mol. The van der Waals surface area contributed by atoms with Gasteiger partial charge in [0.1, 0.15) is 0 Å². The van der Waals surface area contributed by atoms with Gasteiger partial charge in [0.15, 0.2) is 0 Å². The molecule has 0 aliphatic rings. The van der Waals surface area contributed by atoms with Crippen LogP contribution in [0, 0.1) is 0 Å². The number of carbonyl (C=O) groups excluding carboxylic acids is 2. The molecule has 0 saturated heterocycles. The van der Waals surface area contributed by atoms with Gasteiger partial charge in [-0.05, 0) is 12.8 Å². The van der Waals surface area contributed by atoms with E-state index in [1.165, 1.54) is 64.2 Å². The molecule has 0 N–H and O–H groups in total. The third kappa shape index (κ3) is 27.3. The largest absolute Gasteiger partial charge is 0.468 e. The first-order chi connectivity index (χ1) is 10.8. The molecule has 0 rings (SSSR count). The van der Waals surface area contributed by atoms with Crippen LogP contribution >= 0.6 is 0 Å². The zero-order chi connectivity index (χ0) is 16.7. The van der Waals surface area contributed by atoms with Crippen LogP contribution in [0.25, 0.3) is 0 Å². The summed E-state index contributed by atoms with van der Waals surface area (Å²) in [6, 6.07) is 0. The van der Waals surface area contributed by atoms with Gasteiger partial charge in [-0.1, -0.05) is 78.1 Å². The Bertz CT molecular complexity index is 185. The summed E-state index contributed by atoms with van der Waals surface area (Å²) in [6.45, 7) is 6.63. The van der Waals surface area contributed by atoms with Gasteiger partial charge in [-0.3, -0.25) is 9.59 Å². The van der Waals surface area contributed by atoms with Crippen LogP contribution in [0.3, 0.4) is 0 Å². The Balaban J connectivity index is 0. The standard InChI is InChI=1S/2C9H18O2/c2*1-2-3-4-5-6-7-8-11-9-10/h2*9H,2-8H2,1H3. The summed E-state index contributed by atoms with van der Waals surface area (Å²) in [5.41, 5.74) is 0. The topological polar surface area (TPSA) is 52.6 Å². The molecule has 0 fully saturated rings. The average Bonchev–Trinajstić information content (AvgIpc) is 2.54. The van der Waals surface area contributed by atoms with Crippen LogP contribution in [0.15, 0.2) is 0 Å². The molecule has 0 atom stereocenters. The van der Waals surface area contributed by atoms with Crippen molar-refractivity contribution in [3.63, 3.8) is 0 Å².